The van der Waals surface area contributed by atoms with Crippen molar-refractivity contribution >= 4 is 0 Å². The summed E-state index contributed by atoms with van der Waals surface area (Å²) in [5.74, 6) is 4.26. The second kappa shape index (κ2) is 10.2. The highest BCUT2D eigenvalue weighted by atomic mass is 16.5. The fourth-order valence-corrected chi connectivity index (χ4v) is 4.14. The van der Waals surface area contributed by atoms with Crippen LogP contribution in [-0.4, -0.2) is 19.9 Å². The monoisotopic (exact) mass is 524 g/mol. The van der Waals surface area contributed by atoms with Crippen LogP contribution in [-0.2, 0) is 0 Å². The molecule has 0 fully saturated rings. The SMILES string of the molecule is c1ccc(-c2nc3cc(n2)Oc2cccc(c2)Oc2cc(nc(-c4ccccc4)n2)Oc2cccc(c2)O3)cc1. The molecular weight excluding hydrogens is 504 g/mol. The summed E-state index contributed by atoms with van der Waals surface area (Å²) in [6.07, 6.45) is 0. The summed E-state index contributed by atoms with van der Waals surface area (Å²) in [6.45, 7) is 0. The molecule has 1 aliphatic rings. The number of hydrogen-bond acceptors (Lipinski definition) is 8. The van der Waals surface area contributed by atoms with Gasteiger partial charge in [-0.25, -0.2) is 0 Å². The molecule has 192 valence electrons. The van der Waals surface area contributed by atoms with Crippen molar-refractivity contribution in [3.8, 4) is 69.3 Å². The minimum absolute atomic E-state index is 0.316. The standard InChI is InChI=1S/C32H20N4O4/c1-3-9-21(10-4-1)31-33-27-19-28(34-31)38-24-14-8-16-26(18-24)40-30-20-29(39-25-15-7-13-23(17-25)37-27)35-32(36-30)22-11-5-2-6-12-22/h1-20H. The first-order chi connectivity index (χ1) is 19.7. The molecule has 0 spiro atoms. The van der Waals surface area contributed by atoms with Crippen LogP contribution >= 0.6 is 0 Å². The summed E-state index contributed by atoms with van der Waals surface area (Å²) >= 11 is 0. The molecular formula is C32H20N4O4. The van der Waals surface area contributed by atoms with E-state index in [0.29, 0.717) is 58.2 Å². The van der Waals surface area contributed by atoms with Crippen LogP contribution in [0.15, 0.2) is 121 Å². The highest BCUT2D eigenvalue weighted by Gasteiger charge is 2.15. The van der Waals surface area contributed by atoms with Gasteiger partial charge in [-0.2, -0.15) is 19.9 Å². The van der Waals surface area contributed by atoms with Gasteiger partial charge in [0.2, 0.25) is 23.5 Å². The maximum Gasteiger partial charge on any atom is 0.226 e. The number of hydrogen-bond donors (Lipinski definition) is 0. The zero-order valence-corrected chi connectivity index (χ0v) is 21.0. The van der Waals surface area contributed by atoms with Crippen LogP contribution < -0.4 is 18.9 Å². The minimum Gasteiger partial charge on any atom is -0.439 e. The van der Waals surface area contributed by atoms with Crippen molar-refractivity contribution in [3.05, 3.63) is 121 Å². The molecule has 0 aliphatic carbocycles. The van der Waals surface area contributed by atoms with Crippen LogP contribution in [0.5, 0.6) is 46.5 Å². The third-order valence-electron chi connectivity index (χ3n) is 5.92. The van der Waals surface area contributed by atoms with Gasteiger partial charge in [0.1, 0.15) is 23.0 Å². The highest BCUT2D eigenvalue weighted by Crippen LogP contribution is 2.35. The highest BCUT2D eigenvalue weighted by molar-refractivity contribution is 5.57. The van der Waals surface area contributed by atoms with Crippen LogP contribution in [0.2, 0.25) is 0 Å². The lowest BCUT2D eigenvalue weighted by Crippen LogP contribution is -1.99. The predicted octanol–water partition coefficient (Wildman–Crippen LogP) is 8.08. The van der Waals surface area contributed by atoms with E-state index in [0.717, 1.165) is 11.1 Å². The summed E-state index contributed by atoms with van der Waals surface area (Å²) in [4.78, 5) is 18.5. The van der Waals surface area contributed by atoms with E-state index in [2.05, 4.69) is 19.9 Å². The van der Waals surface area contributed by atoms with Gasteiger partial charge >= 0.3 is 0 Å². The predicted molar refractivity (Wildman–Crippen MR) is 148 cm³/mol. The smallest absolute Gasteiger partial charge is 0.226 e. The number of nitrogens with zero attached hydrogens (tertiary/aromatic N) is 4. The van der Waals surface area contributed by atoms with E-state index < -0.39 is 0 Å². The lowest BCUT2D eigenvalue weighted by Gasteiger charge is -2.14. The molecule has 0 saturated heterocycles. The van der Waals surface area contributed by atoms with Gasteiger partial charge < -0.3 is 18.9 Å². The third-order valence-corrected chi connectivity index (χ3v) is 5.92. The number of fused-ring (bicyclic) bond motifs is 8. The Morgan fingerprint density at radius 2 is 0.650 bits per heavy atom. The van der Waals surface area contributed by atoms with Gasteiger partial charge in [-0.15, -0.1) is 0 Å². The van der Waals surface area contributed by atoms with Gasteiger partial charge in [0.15, 0.2) is 11.6 Å². The summed E-state index contributed by atoms with van der Waals surface area (Å²) in [6, 6.07) is 37.0. The first kappa shape index (κ1) is 23.4. The molecule has 40 heavy (non-hydrogen) atoms. The largest absolute Gasteiger partial charge is 0.439 e. The maximum absolute atomic E-state index is 6.16. The minimum atomic E-state index is 0.316. The molecule has 3 heterocycles. The molecule has 7 rings (SSSR count). The zero-order valence-electron chi connectivity index (χ0n) is 21.0. The van der Waals surface area contributed by atoms with E-state index >= 15 is 0 Å². The molecule has 2 aromatic heterocycles. The second-order valence-corrected chi connectivity index (χ2v) is 8.83. The second-order valence-electron chi connectivity index (χ2n) is 8.83. The van der Waals surface area contributed by atoms with Crippen LogP contribution in [0.1, 0.15) is 0 Å². The van der Waals surface area contributed by atoms with Gasteiger partial charge in [0, 0.05) is 23.3 Å². The Kier molecular flexibility index (Phi) is 5.95. The average molecular weight is 525 g/mol. The first-order valence-electron chi connectivity index (χ1n) is 12.5. The molecule has 0 atom stereocenters. The molecule has 0 N–H and O–H groups in total. The average Bonchev–Trinajstić information content (AvgIpc) is 2.98. The van der Waals surface area contributed by atoms with E-state index in [9.17, 15) is 0 Å². The molecule has 0 radical (unpaired) electrons. The summed E-state index contributed by atoms with van der Waals surface area (Å²) in [5.41, 5.74) is 1.65. The van der Waals surface area contributed by atoms with E-state index in [1.807, 2.05) is 97.1 Å². The lowest BCUT2D eigenvalue weighted by atomic mass is 10.2. The molecule has 0 unspecified atom stereocenters. The van der Waals surface area contributed by atoms with Gasteiger partial charge in [-0.05, 0) is 24.3 Å². The summed E-state index contributed by atoms with van der Waals surface area (Å²) in [5, 5.41) is 0. The Morgan fingerprint density at radius 3 is 0.975 bits per heavy atom. The molecule has 4 aromatic carbocycles. The van der Waals surface area contributed by atoms with E-state index in [-0.39, 0.29) is 0 Å². The number of aromatic nitrogens is 4. The van der Waals surface area contributed by atoms with Gasteiger partial charge in [-0.1, -0.05) is 72.8 Å². The normalized spacial score (nSPS) is 11.8. The van der Waals surface area contributed by atoms with Crippen LogP contribution in [0.4, 0.5) is 0 Å². The Bertz CT molecular complexity index is 1600. The van der Waals surface area contributed by atoms with E-state index in [4.69, 9.17) is 18.9 Å². The number of benzene rings is 4. The Morgan fingerprint density at radius 1 is 0.325 bits per heavy atom. The fourth-order valence-electron chi connectivity index (χ4n) is 4.14. The summed E-state index contributed by atoms with van der Waals surface area (Å²) in [7, 11) is 0. The molecule has 8 nitrogen and oxygen atoms in total. The van der Waals surface area contributed by atoms with Crippen molar-refractivity contribution in [3.63, 3.8) is 0 Å². The molecule has 1 aliphatic heterocycles. The topological polar surface area (TPSA) is 88.5 Å². The van der Waals surface area contributed by atoms with Gasteiger partial charge in [0.05, 0.1) is 12.1 Å². The quantitative estimate of drug-likeness (QED) is 0.224. The Hall–Kier alpha value is -5.76. The zero-order chi connectivity index (χ0) is 26.7. The van der Waals surface area contributed by atoms with Crippen LogP contribution in [0, 0.1) is 0 Å². The van der Waals surface area contributed by atoms with Gasteiger partial charge in [-0.3, -0.25) is 0 Å². The van der Waals surface area contributed by atoms with Crippen molar-refractivity contribution in [2.75, 3.05) is 0 Å². The first-order valence-corrected chi connectivity index (χ1v) is 12.5. The Balaban J connectivity index is 1.35. The van der Waals surface area contributed by atoms with Crippen LogP contribution in [0.25, 0.3) is 22.8 Å². The number of ether oxygens (including phenoxy) is 4. The van der Waals surface area contributed by atoms with E-state index in [1.54, 1.807) is 24.3 Å². The van der Waals surface area contributed by atoms with Crippen molar-refractivity contribution in [2.45, 2.75) is 0 Å². The lowest BCUT2D eigenvalue weighted by molar-refractivity contribution is 0.416. The Labute approximate surface area is 229 Å². The summed E-state index contributed by atoms with van der Waals surface area (Å²) < 4.78 is 24.6. The van der Waals surface area contributed by atoms with E-state index in [1.165, 1.54) is 0 Å². The number of rotatable bonds is 2. The van der Waals surface area contributed by atoms with Crippen molar-refractivity contribution in [2.24, 2.45) is 0 Å². The van der Waals surface area contributed by atoms with Crippen molar-refractivity contribution in [1.82, 2.24) is 19.9 Å². The molecule has 8 heteroatoms. The molecule has 0 saturated carbocycles. The van der Waals surface area contributed by atoms with Crippen LogP contribution in [0.3, 0.4) is 0 Å². The molecule has 8 bridgehead atoms. The van der Waals surface area contributed by atoms with Gasteiger partial charge in [0.25, 0.3) is 0 Å². The fraction of sp³-hybridized carbons (Fsp3) is 0. The maximum atomic E-state index is 6.16. The third kappa shape index (κ3) is 5.14. The molecule has 6 aromatic rings. The van der Waals surface area contributed by atoms with Crippen molar-refractivity contribution < 1.29 is 18.9 Å². The van der Waals surface area contributed by atoms with Crippen molar-refractivity contribution in [1.29, 1.82) is 0 Å². The molecule has 0 amide bonds.